The van der Waals surface area contributed by atoms with Crippen molar-refractivity contribution in [1.29, 1.82) is 0 Å². The minimum absolute atomic E-state index is 0.0807. The first-order chi connectivity index (χ1) is 36.0. The molecule has 0 bridgehead atoms. The molecular formula is C67H120O6. The zero-order valence-corrected chi connectivity index (χ0v) is 48.7. The average molecular weight is 1020 g/mol. The zero-order chi connectivity index (χ0) is 52.9. The van der Waals surface area contributed by atoms with E-state index in [1.165, 1.54) is 193 Å². The van der Waals surface area contributed by atoms with Crippen LogP contribution in [0.5, 0.6) is 0 Å². The summed E-state index contributed by atoms with van der Waals surface area (Å²) in [5, 5.41) is 0. The van der Waals surface area contributed by atoms with Crippen molar-refractivity contribution < 1.29 is 28.6 Å². The number of hydrogen-bond acceptors (Lipinski definition) is 6. The summed E-state index contributed by atoms with van der Waals surface area (Å²) in [6, 6.07) is 0. The first-order valence-corrected chi connectivity index (χ1v) is 31.8. The maximum atomic E-state index is 12.9. The molecule has 0 rings (SSSR count). The van der Waals surface area contributed by atoms with Gasteiger partial charge in [-0.2, -0.15) is 0 Å². The van der Waals surface area contributed by atoms with Gasteiger partial charge in [0.15, 0.2) is 6.10 Å². The van der Waals surface area contributed by atoms with Crippen LogP contribution in [0.3, 0.4) is 0 Å². The largest absolute Gasteiger partial charge is 0.462 e. The fourth-order valence-corrected chi connectivity index (χ4v) is 9.25. The van der Waals surface area contributed by atoms with Gasteiger partial charge in [0.25, 0.3) is 0 Å². The van der Waals surface area contributed by atoms with Gasteiger partial charge >= 0.3 is 17.9 Å². The van der Waals surface area contributed by atoms with E-state index in [4.69, 9.17) is 14.2 Å². The lowest BCUT2D eigenvalue weighted by Gasteiger charge is -2.18. The van der Waals surface area contributed by atoms with Crippen LogP contribution >= 0.6 is 0 Å². The van der Waals surface area contributed by atoms with Crippen LogP contribution in [0.25, 0.3) is 0 Å². The molecule has 6 heteroatoms. The van der Waals surface area contributed by atoms with E-state index in [2.05, 4.69) is 81.5 Å². The number of esters is 3. The Morgan fingerprint density at radius 2 is 0.534 bits per heavy atom. The SMILES string of the molecule is CC/C=C\C/C=C\C/C=C\C/C=C\CCCCCCC(=O)OC[C@H](COC(=O)CCCCCCCCCCCCCCCCCCCCCCC)OC(=O)CCCCCCCCC/C=C\CCCCCCCC. The molecule has 0 N–H and O–H groups in total. The fourth-order valence-electron chi connectivity index (χ4n) is 9.25. The Labute approximate surface area is 453 Å². The number of allylic oxidation sites excluding steroid dienone is 10. The third-order valence-corrected chi connectivity index (χ3v) is 14.0. The Bertz CT molecular complexity index is 1310. The molecular weight excluding hydrogens is 901 g/mol. The van der Waals surface area contributed by atoms with Crippen LogP contribution in [0.1, 0.15) is 329 Å². The van der Waals surface area contributed by atoms with Crippen molar-refractivity contribution in [2.75, 3.05) is 13.2 Å². The van der Waals surface area contributed by atoms with Crippen molar-refractivity contribution in [1.82, 2.24) is 0 Å². The summed E-state index contributed by atoms with van der Waals surface area (Å²) in [5.74, 6) is -0.891. The van der Waals surface area contributed by atoms with E-state index in [9.17, 15) is 14.4 Å². The van der Waals surface area contributed by atoms with Gasteiger partial charge in [-0.05, 0) is 83.5 Å². The molecule has 424 valence electrons. The van der Waals surface area contributed by atoms with Gasteiger partial charge < -0.3 is 14.2 Å². The van der Waals surface area contributed by atoms with Gasteiger partial charge in [-0.1, -0.05) is 287 Å². The van der Waals surface area contributed by atoms with Crippen LogP contribution in [0.15, 0.2) is 60.8 Å². The minimum atomic E-state index is -0.786. The summed E-state index contributed by atoms with van der Waals surface area (Å²) in [6.07, 6.45) is 77.9. The normalized spacial score (nSPS) is 12.4. The predicted molar refractivity (Wildman–Crippen MR) is 316 cm³/mol. The quantitative estimate of drug-likeness (QED) is 0.0261. The molecule has 0 saturated heterocycles. The molecule has 0 saturated carbocycles. The Morgan fingerprint density at radius 3 is 0.849 bits per heavy atom. The van der Waals surface area contributed by atoms with Crippen LogP contribution in [0.2, 0.25) is 0 Å². The van der Waals surface area contributed by atoms with Crippen molar-refractivity contribution in [2.45, 2.75) is 335 Å². The van der Waals surface area contributed by atoms with Crippen molar-refractivity contribution in [3.8, 4) is 0 Å². The summed E-state index contributed by atoms with van der Waals surface area (Å²) < 4.78 is 16.9. The van der Waals surface area contributed by atoms with Gasteiger partial charge in [0.1, 0.15) is 13.2 Å². The lowest BCUT2D eigenvalue weighted by Crippen LogP contribution is -2.30. The van der Waals surface area contributed by atoms with E-state index in [0.717, 1.165) is 96.3 Å². The summed E-state index contributed by atoms with van der Waals surface area (Å²) >= 11 is 0. The van der Waals surface area contributed by atoms with Gasteiger partial charge in [0.2, 0.25) is 0 Å². The maximum Gasteiger partial charge on any atom is 0.306 e. The Hall–Kier alpha value is -2.89. The minimum Gasteiger partial charge on any atom is -0.462 e. The number of unbranched alkanes of at least 4 members (excludes halogenated alkanes) is 37. The van der Waals surface area contributed by atoms with E-state index >= 15 is 0 Å². The van der Waals surface area contributed by atoms with E-state index in [0.29, 0.717) is 19.3 Å². The van der Waals surface area contributed by atoms with Crippen LogP contribution in [-0.2, 0) is 28.6 Å². The first-order valence-electron chi connectivity index (χ1n) is 31.8. The second-order valence-electron chi connectivity index (χ2n) is 21.3. The Morgan fingerprint density at radius 1 is 0.288 bits per heavy atom. The van der Waals surface area contributed by atoms with Crippen molar-refractivity contribution in [3.63, 3.8) is 0 Å². The number of carbonyl (C=O) groups is 3. The molecule has 0 aliphatic rings. The Kier molecular flexibility index (Phi) is 59.2. The molecule has 0 amide bonds. The monoisotopic (exact) mass is 1020 g/mol. The highest BCUT2D eigenvalue weighted by molar-refractivity contribution is 5.71. The van der Waals surface area contributed by atoms with Gasteiger partial charge in [-0.25, -0.2) is 0 Å². The molecule has 0 heterocycles. The molecule has 0 radical (unpaired) electrons. The van der Waals surface area contributed by atoms with Gasteiger partial charge in [0, 0.05) is 19.3 Å². The van der Waals surface area contributed by atoms with E-state index in [-0.39, 0.29) is 31.1 Å². The lowest BCUT2D eigenvalue weighted by atomic mass is 10.0. The van der Waals surface area contributed by atoms with E-state index in [1.807, 2.05) is 0 Å². The average Bonchev–Trinajstić information content (AvgIpc) is 3.39. The van der Waals surface area contributed by atoms with Crippen molar-refractivity contribution >= 4 is 17.9 Å². The summed E-state index contributed by atoms with van der Waals surface area (Å²) in [4.78, 5) is 38.3. The molecule has 0 aromatic carbocycles. The second kappa shape index (κ2) is 61.7. The smallest absolute Gasteiger partial charge is 0.306 e. The molecule has 1 atom stereocenters. The van der Waals surface area contributed by atoms with Gasteiger partial charge in [-0.3, -0.25) is 14.4 Å². The predicted octanol–water partition coefficient (Wildman–Crippen LogP) is 21.6. The number of hydrogen-bond donors (Lipinski definition) is 0. The molecule has 0 spiro atoms. The highest BCUT2D eigenvalue weighted by Crippen LogP contribution is 2.17. The maximum absolute atomic E-state index is 12.9. The molecule has 6 nitrogen and oxygen atoms in total. The molecule has 0 aliphatic carbocycles. The second-order valence-corrected chi connectivity index (χ2v) is 21.3. The molecule has 0 fully saturated rings. The van der Waals surface area contributed by atoms with Crippen molar-refractivity contribution in [2.24, 2.45) is 0 Å². The van der Waals surface area contributed by atoms with E-state index in [1.54, 1.807) is 0 Å². The zero-order valence-electron chi connectivity index (χ0n) is 48.7. The van der Waals surface area contributed by atoms with Gasteiger partial charge in [-0.15, -0.1) is 0 Å². The number of ether oxygens (including phenoxy) is 3. The highest BCUT2D eigenvalue weighted by Gasteiger charge is 2.19. The lowest BCUT2D eigenvalue weighted by molar-refractivity contribution is -0.167. The molecule has 0 aromatic heterocycles. The van der Waals surface area contributed by atoms with Gasteiger partial charge in [0.05, 0.1) is 0 Å². The molecule has 0 aromatic rings. The third kappa shape index (κ3) is 59.9. The molecule has 0 aliphatic heterocycles. The highest BCUT2D eigenvalue weighted by atomic mass is 16.6. The van der Waals surface area contributed by atoms with Crippen LogP contribution in [0.4, 0.5) is 0 Å². The Balaban J connectivity index is 4.36. The topological polar surface area (TPSA) is 78.9 Å². The summed E-state index contributed by atoms with van der Waals surface area (Å²) in [7, 11) is 0. The molecule has 73 heavy (non-hydrogen) atoms. The summed E-state index contributed by atoms with van der Waals surface area (Å²) in [6.45, 7) is 6.55. The standard InChI is InChI=1S/C67H120O6/c1-4-7-10-13-16-19-22-25-28-31-32-33-34-37-39-42-45-48-51-54-57-60-66(69)72-63-64(73-67(70)61-58-55-52-49-46-43-40-36-30-27-24-21-18-15-12-9-6-3)62-71-65(68)59-56-53-50-47-44-41-38-35-29-26-23-20-17-14-11-8-5-2/h8,11,17,20,26-27,29-30,38,41,64H,4-7,9-10,12-16,18-19,21-25,28,31-37,39-40,42-63H2,1-3H3/b11-8-,20-17-,29-26-,30-27-,41-38-/t64-/m1/s1. The number of rotatable bonds is 58. The van der Waals surface area contributed by atoms with E-state index < -0.39 is 6.10 Å². The van der Waals surface area contributed by atoms with Crippen LogP contribution < -0.4 is 0 Å². The van der Waals surface area contributed by atoms with Crippen LogP contribution in [0, 0.1) is 0 Å². The van der Waals surface area contributed by atoms with Crippen LogP contribution in [-0.4, -0.2) is 37.2 Å². The fraction of sp³-hybridized carbons (Fsp3) is 0.806. The number of carbonyl (C=O) groups excluding carboxylic acids is 3. The van der Waals surface area contributed by atoms with Crippen molar-refractivity contribution in [3.05, 3.63) is 60.8 Å². The third-order valence-electron chi connectivity index (χ3n) is 14.0. The summed E-state index contributed by atoms with van der Waals surface area (Å²) in [5.41, 5.74) is 0. The molecule has 0 unspecified atom stereocenters. The first kappa shape index (κ1) is 70.1.